The molecule has 0 bridgehead atoms. The number of rotatable bonds is 5. The summed E-state index contributed by atoms with van der Waals surface area (Å²) in [4.78, 5) is 48.4. The fourth-order valence-electron chi connectivity index (χ4n) is 1.20. The van der Waals surface area contributed by atoms with Crippen LogP contribution in [0.4, 0.5) is 0 Å². The fraction of sp³-hybridized carbons (Fsp3) is 0.200. The number of aromatic nitrogens is 2. The number of carboxylic acid groups (broad SMARTS) is 1. The molecule has 1 rings (SSSR count). The van der Waals surface area contributed by atoms with E-state index < -0.39 is 29.2 Å². The van der Waals surface area contributed by atoms with Gasteiger partial charge in [-0.3, -0.25) is 14.6 Å². The zero-order chi connectivity index (χ0) is 13.7. The predicted octanol–water partition coefficient (Wildman–Crippen LogP) is -1.18. The largest absolute Gasteiger partial charge is 0.480 e. The van der Waals surface area contributed by atoms with Crippen molar-refractivity contribution in [2.24, 2.45) is 0 Å². The number of carbonyl (C=O) groups is 2. The van der Waals surface area contributed by atoms with E-state index in [-0.39, 0.29) is 12.0 Å². The van der Waals surface area contributed by atoms with Crippen LogP contribution in [0.15, 0.2) is 28.4 Å². The fourth-order valence-corrected chi connectivity index (χ4v) is 1.20. The van der Waals surface area contributed by atoms with Crippen LogP contribution in [0.25, 0.3) is 0 Å². The van der Waals surface area contributed by atoms with Crippen LogP contribution in [-0.4, -0.2) is 33.0 Å². The van der Waals surface area contributed by atoms with Crippen LogP contribution in [0.5, 0.6) is 0 Å². The van der Waals surface area contributed by atoms with E-state index in [0.29, 0.717) is 0 Å². The first-order valence-electron chi connectivity index (χ1n) is 4.92. The molecule has 1 amide bonds. The highest BCUT2D eigenvalue weighted by Crippen LogP contribution is 1.95. The maximum Gasteiger partial charge on any atom is 0.326 e. The second kappa shape index (κ2) is 5.62. The molecule has 1 aromatic heterocycles. The van der Waals surface area contributed by atoms with Crippen LogP contribution in [0.3, 0.4) is 0 Å². The molecule has 0 aromatic carbocycles. The summed E-state index contributed by atoms with van der Waals surface area (Å²) < 4.78 is 0. The smallest absolute Gasteiger partial charge is 0.326 e. The van der Waals surface area contributed by atoms with E-state index in [2.05, 4.69) is 16.9 Å². The molecule has 0 spiro atoms. The van der Waals surface area contributed by atoms with Gasteiger partial charge in [-0.15, -0.1) is 6.58 Å². The van der Waals surface area contributed by atoms with Crippen LogP contribution in [0, 0.1) is 0 Å². The van der Waals surface area contributed by atoms with Crippen molar-refractivity contribution < 1.29 is 14.7 Å². The van der Waals surface area contributed by atoms with E-state index >= 15 is 0 Å². The lowest BCUT2D eigenvalue weighted by atomic mass is 10.2. The Morgan fingerprint density at radius 2 is 2.17 bits per heavy atom. The summed E-state index contributed by atoms with van der Waals surface area (Å²) in [5, 5.41) is 10.9. The zero-order valence-electron chi connectivity index (χ0n) is 9.23. The van der Waals surface area contributed by atoms with E-state index in [1.54, 1.807) is 0 Å². The first-order valence-corrected chi connectivity index (χ1v) is 4.92. The van der Waals surface area contributed by atoms with Crippen LogP contribution >= 0.6 is 0 Å². The van der Waals surface area contributed by atoms with Crippen LogP contribution in [0.1, 0.15) is 16.8 Å². The molecule has 0 aliphatic carbocycles. The minimum Gasteiger partial charge on any atom is -0.480 e. The molecule has 4 N–H and O–H groups in total. The molecule has 18 heavy (non-hydrogen) atoms. The van der Waals surface area contributed by atoms with Crippen LogP contribution in [0.2, 0.25) is 0 Å². The number of hydrogen-bond donors (Lipinski definition) is 4. The standard InChI is InChI=1S/C10H11N3O5/c1-2-3-6(9(16)17)12-7(14)5-4-11-10(18)13-8(5)15/h2,4,6H,1,3H2,(H,12,14)(H,16,17)(H2,11,13,15,18). The van der Waals surface area contributed by atoms with E-state index in [1.807, 2.05) is 4.98 Å². The van der Waals surface area contributed by atoms with Crippen molar-refractivity contribution in [1.29, 1.82) is 0 Å². The van der Waals surface area contributed by atoms with Gasteiger partial charge in [-0.05, 0) is 6.42 Å². The van der Waals surface area contributed by atoms with E-state index in [1.165, 1.54) is 6.08 Å². The van der Waals surface area contributed by atoms with Gasteiger partial charge in [0.2, 0.25) is 0 Å². The summed E-state index contributed by atoms with van der Waals surface area (Å²) in [7, 11) is 0. The lowest BCUT2D eigenvalue weighted by molar-refractivity contribution is -0.139. The number of nitrogens with one attached hydrogen (secondary N) is 3. The molecule has 1 aromatic rings. The third kappa shape index (κ3) is 3.17. The van der Waals surface area contributed by atoms with Crippen molar-refractivity contribution in [2.45, 2.75) is 12.5 Å². The Morgan fingerprint density at radius 3 is 2.67 bits per heavy atom. The molecule has 8 nitrogen and oxygen atoms in total. The Morgan fingerprint density at radius 1 is 1.50 bits per heavy atom. The summed E-state index contributed by atoms with van der Waals surface area (Å²) in [5.74, 6) is -2.13. The number of hydrogen-bond acceptors (Lipinski definition) is 4. The lowest BCUT2D eigenvalue weighted by Crippen LogP contribution is -2.43. The van der Waals surface area contributed by atoms with Gasteiger partial charge in [0.1, 0.15) is 11.6 Å². The normalized spacial score (nSPS) is 11.6. The Labute approximate surface area is 100 Å². The highest BCUT2D eigenvalue weighted by molar-refractivity contribution is 5.95. The Balaban J connectivity index is 2.93. The molecule has 0 fully saturated rings. The summed E-state index contributed by atoms with van der Waals surface area (Å²) in [5.41, 5.74) is -2.01. The van der Waals surface area contributed by atoms with Crippen LogP contribution < -0.4 is 16.6 Å². The number of amides is 1. The molecule has 1 atom stereocenters. The van der Waals surface area contributed by atoms with Gasteiger partial charge in [0.05, 0.1) is 0 Å². The topological polar surface area (TPSA) is 132 Å². The van der Waals surface area contributed by atoms with E-state index in [0.717, 1.165) is 6.20 Å². The summed E-state index contributed by atoms with van der Waals surface area (Å²) in [6, 6.07) is -1.18. The lowest BCUT2D eigenvalue weighted by Gasteiger charge is -2.11. The third-order valence-electron chi connectivity index (χ3n) is 2.07. The van der Waals surface area contributed by atoms with Crippen molar-refractivity contribution in [1.82, 2.24) is 15.3 Å². The van der Waals surface area contributed by atoms with Gasteiger partial charge in [0, 0.05) is 6.20 Å². The maximum atomic E-state index is 11.6. The van der Waals surface area contributed by atoms with E-state index in [4.69, 9.17) is 5.11 Å². The quantitative estimate of drug-likeness (QED) is 0.490. The molecular formula is C10H11N3O5. The number of aliphatic carboxylic acids is 1. The minimum absolute atomic E-state index is 0.0162. The van der Waals surface area contributed by atoms with Crippen LogP contribution in [-0.2, 0) is 4.79 Å². The Kier molecular flexibility index (Phi) is 4.19. The molecule has 8 heteroatoms. The molecule has 0 aliphatic rings. The summed E-state index contributed by atoms with van der Waals surface area (Å²) in [6.45, 7) is 3.36. The average Bonchev–Trinajstić information content (AvgIpc) is 2.27. The van der Waals surface area contributed by atoms with Gasteiger partial charge in [-0.1, -0.05) is 6.08 Å². The first kappa shape index (κ1) is 13.4. The van der Waals surface area contributed by atoms with Crippen molar-refractivity contribution in [2.75, 3.05) is 0 Å². The number of carboxylic acids is 1. The van der Waals surface area contributed by atoms with Gasteiger partial charge in [0.25, 0.3) is 11.5 Å². The summed E-state index contributed by atoms with van der Waals surface area (Å²) >= 11 is 0. The average molecular weight is 253 g/mol. The minimum atomic E-state index is -1.25. The molecule has 96 valence electrons. The van der Waals surface area contributed by atoms with Gasteiger partial charge >= 0.3 is 11.7 Å². The first-order chi connectivity index (χ1) is 8.45. The number of aromatic amines is 2. The van der Waals surface area contributed by atoms with Gasteiger partial charge in [-0.25, -0.2) is 9.59 Å². The van der Waals surface area contributed by atoms with Gasteiger partial charge in [-0.2, -0.15) is 0 Å². The molecule has 0 saturated heterocycles. The Hall–Kier alpha value is -2.64. The van der Waals surface area contributed by atoms with Crippen molar-refractivity contribution in [3.05, 3.63) is 45.3 Å². The molecule has 0 radical (unpaired) electrons. The zero-order valence-corrected chi connectivity index (χ0v) is 9.23. The second-order valence-electron chi connectivity index (χ2n) is 3.37. The Bertz CT molecular complexity index is 586. The monoisotopic (exact) mass is 253 g/mol. The van der Waals surface area contributed by atoms with Crippen molar-refractivity contribution in [3.63, 3.8) is 0 Å². The third-order valence-corrected chi connectivity index (χ3v) is 2.07. The molecule has 0 saturated carbocycles. The highest BCUT2D eigenvalue weighted by atomic mass is 16.4. The summed E-state index contributed by atoms with van der Waals surface area (Å²) in [6.07, 6.45) is 2.27. The van der Waals surface area contributed by atoms with Crippen molar-refractivity contribution in [3.8, 4) is 0 Å². The maximum absolute atomic E-state index is 11.6. The predicted molar refractivity (Wildman–Crippen MR) is 61.4 cm³/mol. The molecule has 1 heterocycles. The number of carbonyl (C=O) groups excluding carboxylic acids is 1. The van der Waals surface area contributed by atoms with Gasteiger partial charge < -0.3 is 15.4 Å². The highest BCUT2D eigenvalue weighted by Gasteiger charge is 2.20. The number of H-pyrrole nitrogens is 2. The van der Waals surface area contributed by atoms with E-state index in [9.17, 15) is 19.2 Å². The SMILES string of the molecule is C=CCC(NC(=O)c1c[nH]c(=O)[nH]c1=O)C(=O)O. The second-order valence-corrected chi connectivity index (χ2v) is 3.37. The van der Waals surface area contributed by atoms with Crippen molar-refractivity contribution >= 4 is 11.9 Å². The molecule has 1 unspecified atom stereocenters. The van der Waals surface area contributed by atoms with Gasteiger partial charge in [0.15, 0.2) is 0 Å². The molecular weight excluding hydrogens is 242 g/mol. The molecule has 0 aliphatic heterocycles.